The molecule has 160 valence electrons. The van der Waals surface area contributed by atoms with E-state index in [1.807, 2.05) is 4.57 Å². The van der Waals surface area contributed by atoms with E-state index in [0.29, 0.717) is 30.7 Å². The van der Waals surface area contributed by atoms with Crippen LogP contribution in [0.4, 0.5) is 10.2 Å². The van der Waals surface area contributed by atoms with E-state index >= 15 is 0 Å². The van der Waals surface area contributed by atoms with E-state index in [1.54, 1.807) is 0 Å². The van der Waals surface area contributed by atoms with E-state index in [1.165, 1.54) is 5.56 Å². The van der Waals surface area contributed by atoms with Crippen LogP contribution in [-0.2, 0) is 19.4 Å². The van der Waals surface area contributed by atoms with Crippen LogP contribution in [0.5, 0.6) is 5.75 Å². The highest BCUT2D eigenvalue weighted by molar-refractivity contribution is 14.1. The Kier molecular flexibility index (Phi) is 5.84. The molecule has 7 nitrogen and oxygen atoms in total. The van der Waals surface area contributed by atoms with Crippen molar-refractivity contribution >= 4 is 39.6 Å². The van der Waals surface area contributed by atoms with E-state index in [0.717, 1.165) is 40.3 Å². The maximum atomic E-state index is 13.9. The molecule has 2 aromatic heterocycles. The molecule has 0 saturated carbocycles. The maximum Gasteiger partial charge on any atom is 0.312 e. The number of nitrogens with one attached hydrogen (secondary N) is 1. The average Bonchev–Trinajstić information content (AvgIpc) is 3.23. The summed E-state index contributed by atoms with van der Waals surface area (Å²) in [5.74, 6) is 1.78. The molecule has 3 heterocycles. The van der Waals surface area contributed by atoms with Gasteiger partial charge in [-0.3, -0.25) is 0 Å². The molecular formula is C21H26FIN6O. The molecule has 0 atom stereocenters. The van der Waals surface area contributed by atoms with Crippen LogP contribution in [-0.4, -0.2) is 39.2 Å². The Labute approximate surface area is 188 Å². The summed E-state index contributed by atoms with van der Waals surface area (Å²) in [4.78, 5) is 12.3. The third kappa shape index (κ3) is 4.51. The van der Waals surface area contributed by atoms with Crippen molar-refractivity contribution in [2.75, 3.05) is 25.4 Å². The van der Waals surface area contributed by atoms with Gasteiger partial charge in [0.1, 0.15) is 11.6 Å². The van der Waals surface area contributed by atoms with Crippen LogP contribution in [0.15, 0.2) is 12.1 Å². The lowest BCUT2D eigenvalue weighted by atomic mass is 9.97. The summed E-state index contributed by atoms with van der Waals surface area (Å²) in [6.07, 6.45) is 0.677. The molecule has 0 aliphatic carbocycles. The van der Waals surface area contributed by atoms with Gasteiger partial charge >= 0.3 is 6.08 Å². The van der Waals surface area contributed by atoms with Crippen LogP contribution in [0, 0.1) is 15.1 Å². The summed E-state index contributed by atoms with van der Waals surface area (Å²) in [7, 11) is 0. The largest absolute Gasteiger partial charge is 0.493 e. The number of hydrogen-bond acceptors (Lipinski definition) is 6. The van der Waals surface area contributed by atoms with Crippen molar-refractivity contribution in [1.29, 1.82) is 0 Å². The van der Waals surface area contributed by atoms with E-state index in [9.17, 15) is 4.39 Å². The molecule has 0 radical (unpaired) electrons. The van der Waals surface area contributed by atoms with Gasteiger partial charge < -0.3 is 20.4 Å². The molecule has 1 aliphatic heterocycles. The molecule has 0 fully saturated rings. The monoisotopic (exact) mass is 524 g/mol. The Hall–Kier alpha value is -2.01. The Morgan fingerprint density at radius 3 is 2.83 bits per heavy atom. The molecule has 0 unspecified atom stereocenters. The molecule has 0 bridgehead atoms. The quantitative estimate of drug-likeness (QED) is 0.292. The predicted molar refractivity (Wildman–Crippen MR) is 123 cm³/mol. The van der Waals surface area contributed by atoms with Gasteiger partial charge in [0, 0.05) is 36.0 Å². The number of aromatic nitrogens is 4. The number of fused-ring (bicyclic) bond motifs is 2. The summed E-state index contributed by atoms with van der Waals surface area (Å²) in [5, 5.41) is 3.46. The fourth-order valence-electron chi connectivity index (χ4n) is 3.61. The molecule has 9 heteroatoms. The van der Waals surface area contributed by atoms with Crippen molar-refractivity contribution in [2.24, 2.45) is 5.41 Å². The van der Waals surface area contributed by atoms with Crippen LogP contribution in [0.1, 0.15) is 37.7 Å². The normalized spacial score (nSPS) is 13.6. The zero-order valence-electron chi connectivity index (χ0n) is 17.4. The Morgan fingerprint density at radius 2 is 2.07 bits per heavy atom. The van der Waals surface area contributed by atoms with E-state index in [-0.39, 0.29) is 11.2 Å². The number of hydrogen-bond donors (Lipinski definition) is 2. The van der Waals surface area contributed by atoms with Crippen LogP contribution in [0.2, 0.25) is 0 Å². The van der Waals surface area contributed by atoms with Gasteiger partial charge in [-0.1, -0.05) is 20.8 Å². The Balaban J connectivity index is 1.67. The molecule has 4 rings (SSSR count). The van der Waals surface area contributed by atoms with Gasteiger partial charge in [0.15, 0.2) is 17.0 Å². The Bertz CT molecular complexity index is 1090. The van der Waals surface area contributed by atoms with E-state index in [4.69, 9.17) is 10.5 Å². The zero-order chi connectivity index (χ0) is 21.5. The lowest BCUT2D eigenvalue weighted by molar-refractivity contribution is 0.356. The highest BCUT2D eigenvalue weighted by Gasteiger charge is 2.20. The van der Waals surface area contributed by atoms with Crippen molar-refractivity contribution in [3.05, 3.63) is 38.7 Å². The number of halogens is 2. The second-order valence-corrected chi connectivity index (χ2v) is 9.96. The molecule has 30 heavy (non-hydrogen) atoms. The third-order valence-corrected chi connectivity index (χ3v) is 6.05. The zero-order valence-corrected chi connectivity index (χ0v) is 19.6. The number of nitrogens with two attached hydrogens (primary N) is 1. The first-order valence-electron chi connectivity index (χ1n) is 10.0. The molecule has 1 aromatic carbocycles. The van der Waals surface area contributed by atoms with Gasteiger partial charge in [-0.25, -0.2) is 4.98 Å². The number of rotatable bonds is 6. The van der Waals surface area contributed by atoms with Gasteiger partial charge in [0.2, 0.25) is 0 Å². The molecule has 3 N–H and O–H groups in total. The van der Waals surface area contributed by atoms with E-state index in [2.05, 4.69) is 75.8 Å². The van der Waals surface area contributed by atoms with Gasteiger partial charge in [0.05, 0.1) is 6.61 Å². The van der Waals surface area contributed by atoms with Gasteiger partial charge in [0.25, 0.3) is 0 Å². The number of benzene rings is 1. The lowest BCUT2D eigenvalue weighted by Gasteiger charge is -2.19. The van der Waals surface area contributed by atoms with Crippen molar-refractivity contribution in [3.63, 3.8) is 0 Å². The molecule has 0 saturated heterocycles. The second kappa shape index (κ2) is 8.26. The fourth-order valence-corrected chi connectivity index (χ4v) is 4.33. The minimum absolute atomic E-state index is 0.0622. The number of nitrogen functional groups attached to an aromatic ring is 1. The first-order chi connectivity index (χ1) is 14.2. The number of nitrogens with zero attached hydrogens (tertiary/aromatic N) is 4. The van der Waals surface area contributed by atoms with Crippen molar-refractivity contribution in [2.45, 2.75) is 40.2 Å². The second-order valence-electron chi connectivity index (χ2n) is 8.79. The van der Waals surface area contributed by atoms with Crippen LogP contribution < -0.4 is 15.8 Å². The number of anilines is 1. The SMILES string of the molecule is CC(C)(C)CNCCn1c(Cc2cc3c(cc2I)CCO3)nc2c(N)nc(F)nc21. The highest BCUT2D eigenvalue weighted by atomic mass is 127. The topological polar surface area (TPSA) is 90.9 Å². The molecule has 0 amide bonds. The van der Waals surface area contributed by atoms with Crippen LogP contribution in [0.3, 0.4) is 0 Å². The van der Waals surface area contributed by atoms with Crippen molar-refractivity contribution in [1.82, 2.24) is 24.8 Å². The first-order valence-corrected chi connectivity index (χ1v) is 11.1. The number of imidazole rings is 1. The van der Waals surface area contributed by atoms with E-state index < -0.39 is 6.08 Å². The predicted octanol–water partition coefficient (Wildman–Crippen LogP) is 3.31. The van der Waals surface area contributed by atoms with Crippen LogP contribution in [0.25, 0.3) is 11.2 Å². The van der Waals surface area contributed by atoms with Crippen molar-refractivity contribution < 1.29 is 9.13 Å². The maximum absolute atomic E-state index is 13.9. The van der Waals surface area contributed by atoms with Gasteiger partial charge in [-0.05, 0) is 51.3 Å². The summed E-state index contributed by atoms with van der Waals surface area (Å²) in [5.41, 5.74) is 9.34. The third-order valence-electron chi connectivity index (χ3n) is 5.05. The summed E-state index contributed by atoms with van der Waals surface area (Å²) >= 11 is 2.35. The minimum Gasteiger partial charge on any atom is -0.493 e. The number of ether oxygens (including phenoxy) is 1. The van der Waals surface area contributed by atoms with Gasteiger partial charge in [-0.15, -0.1) is 0 Å². The van der Waals surface area contributed by atoms with Gasteiger partial charge in [-0.2, -0.15) is 14.4 Å². The summed E-state index contributed by atoms with van der Waals surface area (Å²) < 4.78 is 22.7. The highest BCUT2D eigenvalue weighted by Crippen LogP contribution is 2.31. The molecule has 1 aliphatic rings. The first kappa shape index (κ1) is 21.2. The lowest BCUT2D eigenvalue weighted by Crippen LogP contribution is -2.30. The minimum atomic E-state index is -0.837. The molecular weight excluding hydrogens is 498 g/mol. The summed E-state index contributed by atoms with van der Waals surface area (Å²) in [6.45, 7) is 9.46. The molecule has 3 aromatic rings. The molecule has 0 spiro atoms. The Morgan fingerprint density at radius 1 is 1.27 bits per heavy atom. The van der Waals surface area contributed by atoms with Crippen molar-refractivity contribution in [3.8, 4) is 5.75 Å². The summed E-state index contributed by atoms with van der Waals surface area (Å²) in [6, 6.07) is 4.26. The van der Waals surface area contributed by atoms with Crippen LogP contribution >= 0.6 is 22.6 Å². The fraction of sp³-hybridized carbons (Fsp3) is 0.476. The standard InChI is InChI=1S/C21H26FIN6O/c1-21(2,3)11-25-5-6-29-16(26-17-18(24)27-20(22)28-19(17)29)10-13-9-15-12(4-7-30-15)8-14(13)23/h8-9,25H,4-7,10-11H2,1-3H3,(H2,24,27,28). The smallest absolute Gasteiger partial charge is 0.312 e. The average molecular weight is 524 g/mol.